The third kappa shape index (κ3) is 8.54. The van der Waals surface area contributed by atoms with Crippen molar-refractivity contribution >= 4 is 29.3 Å². The molecule has 0 unspecified atom stereocenters. The highest BCUT2D eigenvalue weighted by Gasteiger charge is 2.22. The Balaban J connectivity index is 0.00000324. The summed E-state index contributed by atoms with van der Waals surface area (Å²) >= 11 is 0. The number of fused-ring (bicyclic) bond motifs is 1. The standard InChI is InChI=1S/C27H43N5O.ClH/c33-27(13-12-26-30-24-10-4-5-11-25(24)31-26)32-18-14-23(15-19-32)21-29-17-7-6-16-28-20-22-8-2-1-3-9-22;/h4-5,10-11,22-23,28-29H,1-3,6-9,12-21H2,(H,30,31);1H. The van der Waals surface area contributed by atoms with Crippen LogP contribution in [0.1, 0.15) is 70.0 Å². The summed E-state index contributed by atoms with van der Waals surface area (Å²) < 4.78 is 0. The monoisotopic (exact) mass is 489 g/mol. The second-order valence-corrected chi connectivity index (χ2v) is 10.1. The molecule has 6 nitrogen and oxygen atoms in total. The van der Waals surface area contributed by atoms with Gasteiger partial charge in [-0.05, 0) is 88.7 Å². The lowest BCUT2D eigenvalue weighted by Gasteiger charge is -2.32. The molecule has 0 spiro atoms. The number of halogens is 1. The predicted octanol–water partition coefficient (Wildman–Crippen LogP) is 4.70. The topological polar surface area (TPSA) is 73.0 Å². The van der Waals surface area contributed by atoms with E-state index in [2.05, 4.69) is 25.5 Å². The summed E-state index contributed by atoms with van der Waals surface area (Å²) in [6.45, 7) is 6.39. The van der Waals surface area contributed by atoms with E-state index in [1.54, 1.807) is 0 Å². The molecule has 190 valence electrons. The highest BCUT2D eigenvalue weighted by atomic mass is 35.5. The summed E-state index contributed by atoms with van der Waals surface area (Å²) in [7, 11) is 0. The molecule has 1 amide bonds. The molecule has 0 atom stereocenters. The van der Waals surface area contributed by atoms with Crippen LogP contribution < -0.4 is 10.6 Å². The van der Waals surface area contributed by atoms with Gasteiger partial charge in [-0.1, -0.05) is 31.4 Å². The number of aromatic nitrogens is 2. The van der Waals surface area contributed by atoms with Crippen LogP contribution in [-0.4, -0.2) is 60.0 Å². The molecule has 4 rings (SSSR count). The van der Waals surface area contributed by atoms with Crippen molar-refractivity contribution in [2.24, 2.45) is 11.8 Å². The van der Waals surface area contributed by atoms with Gasteiger partial charge in [0.05, 0.1) is 11.0 Å². The molecule has 2 aliphatic rings. The minimum atomic E-state index is 0. The molecule has 1 aliphatic heterocycles. The number of rotatable bonds is 12. The fourth-order valence-electron chi connectivity index (χ4n) is 5.40. The van der Waals surface area contributed by atoms with E-state index in [1.807, 2.05) is 24.3 Å². The number of H-pyrrole nitrogens is 1. The SMILES string of the molecule is Cl.O=C(CCc1nc2ccccc2[nH]1)N1CCC(CNCCCCNCC2CCCCC2)CC1. The largest absolute Gasteiger partial charge is 0.343 e. The van der Waals surface area contributed by atoms with Crippen molar-refractivity contribution in [3.8, 4) is 0 Å². The van der Waals surface area contributed by atoms with Crippen molar-refractivity contribution < 1.29 is 4.79 Å². The first-order valence-corrected chi connectivity index (χ1v) is 13.4. The third-order valence-corrected chi connectivity index (χ3v) is 7.53. The lowest BCUT2D eigenvalue weighted by molar-refractivity contribution is -0.132. The molecular formula is C27H44ClN5O. The van der Waals surface area contributed by atoms with E-state index >= 15 is 0 Å². The predicted molar refractivity (Wildman–Crippen MR) is 143 cm³/mol. The van der Waals surface area contributed by atoms with Crippen LogP contribution in [0.5, 0.6) is 0 Å². The van der Waals surface area contributed by atoms with E-state index < -0.39 is 0 Å². The maximum absolute atomic E-state index is 12.6. The van der Waals surface area contributed by atoms with Crippen molar-refractivity contribution in [3.63, 3.8) is 0 Å². The minimum Gasteiger partial charge on any atom is -0.343 e. The van der Waals surface area contributed by atoms with Gasteiger partial charge in [-0.3, -0.25) is 4.79 Å². The van der Waals surface area contributed by atoms with Gasteiger partial charge in [0, 0.05) is 25.9 Å². The van der Waals surface area contributed by atoms with Gasteiger partial charge in [-0.25, -0.2) is 4.98 Å². The molecule has 1 aliphatic carbocycles. The van der Waals surface area contributed by atoms with E-state index in [4.69, 9.17) is 0 Å². The summed E-state index contributed by atoms with van der Waals surface area (Å²) in [6.07, 6.45) is 13.1. The number of imidazole rings is 1. The number of hydrogen-bond acceptors (Lipinski definition) is 4. The molecule has 34 heavy (non-hydrogen) atoms. The van der Waals surface area contributed by atoms with E-state index in [9.17, 15) is 4.79 Å². The van der Waals surface area contributed by atoms with Crippen LogP contribution >= 0.6 is 12.4 Å². The molecule has 0 bridgehead atoms. The summed E-state index contributed by atoms with van der Waals surface area (Å²) in [5.74, 6) is 2.81. The molecule has 3 N–H and O–H groups in total. The Hall–Kier alpha value is -1.63. The highest BCUT2D eigenvalue weighted by molar-refractivity contribution is 5.85. The van der Waals surface area contributed by atoms with Gasteiger partial charge in [0.1, 0.15) is 5.82 Å². The van der Waals surface area contributed by atoms with Crippen molar-refractivity contribution in [1.82, 2.24) is 25.5 Å². The van der Waals surface area contributed by atoms with E-state index in [1.165, 1.54) is 51.5 Å². The first-order chi connectivity index (χ1) is 16.3. The molecule has 0 radical (unpaired) electrons. The lowest BCUT2D eigenvalue weighted by Crippen LogP contribution is -2.41. The summed E-state index contributed by atoms with van der Waals surface area (Å²) in [5, 5.41) is 7.32. The molecule has 2 heterocycles. The second-order valence-electron chi connectivity index (χ2n) is 10.1. The van der Waals surface area contributed by atoms with Gasteiger partial charge < -0.3 is 20.5 Å². The fourth-order valence-corrected chi connectivity index (χ4v) is 5.40. The van der Waals surface area contributed by atoms with Crippen molar-refractivity contribution in [3.05, 3.63) is 30.1 Å². The number of para-hydroxylation sites is 2. The van der Waals surface area contributed by atoms with Gasteiger partial charge in [-0.15, -0.1) is 12.4 Å². The molecule has 1 saturated heterocycles. The summed E-state index contributed by atoms with van der Waals surface area (Å²) in [5.41, 5.74) is 2.02. The van der Waals surface area contributed by atoms with Gasteiger partial charge in [0.25, 0.3) is 0 Å². The molecule has 1 saturated carbocycles. The van der Waals surface area contributed by atoms with Crippen LogP contribution in [0.25, 0.3) is 11.0 Å². The van der Waals surface area contributed by atoms with Crippen LogP contribution in [0.15, 0.2) is 24.3 Å². The number of carbonyl (C=O) groups excluding carboxylic acids is 1. The van der Waals surface area contributed by atoms with E-state index in [0.717, 1.165) is 68.3 Å². The number of benzene rings is 1. The first-order valence-electron chi connectivity index (χ1n) is 13.4. The Bertz CT molecular complexity index is 809. The van der Waals surface area contributed by atoms with Crippen molar-refractivity contribution in [1.29, 1.82) is 0 Å². The van der Waals surface area contributed by atoms with Crippen LogP contribution in [0.2, 0.25) is 0 Å². The van der Waals surface area contributed by atoms with Gasteiger partial charge >= 0.3 is 0 Å². The van der Waals surface area contributed by atoms with Gasteiger partial charge in [0.15, 0.2) is 0 Å². The number of likely N-dealkylation sites (tertiary alicyclic amines) is 1. The van der Waals surface area contributed by atoms with Crippen molar-refractivity contribution in [2.45, 2.75) is 70.6 Å². The highest BCUT2D eigenvalue weighted by Crippen LogP contribution is 2.22. The quantitative estimate of drug-likeness (QED) is 0.378. The van der Waals surface area contributed by atoms with E-state index in [-0.39, 0.29) is 18.3 Å². The normalized spacial score (nSPS) is 17.7. The number of hydrogen-bond donors (Lipinski definition) is 3. The fraction of sp³-hybridized carbons (Fsp3) is 0.704. The minimum absolute atomic E-state index is 0. The van der Waals surface area contributed by atoms with Crippen LogP contribution in [0.4, 0.5) is 0 Å². The third-order valence-electron chi connectivity index (χ3n) is 7.53. The Morgan fingerprint density at radius 1 is 0.941 bits per heavy atom. The zero-order chi connectivity index (χ0) is 22.7. The molecule has 2 aromatic rings. The Morgan fingerprint density at radius 3 is 2.26 bits per heavy atom. The number of unbranched alkanes of at least 4 members (excludes halogenated alkanes) is 1. The average Bonchev–Trinajstić information content (AvgIpc) is 3.28. The molecule has 7 heteroatoms. The van der Waals surface area contributed by atoms with E-state index in [0.29, 0.717) is 18.8 Å². The summed E-state index contributed by atoms with van der Waals surface area (Å²) in [6, 6.07) is 8.03. The Labute approximate surface area is 211 Å². The number of carbonyl (C=O) groups is 1. The molecule has 1 aromatic carbocycles. The number of amides is 1. The van der Waals surface area contributed by atoms with Gasteiger partial charge in [-0.2, -0.15) is 0 Å². The summed E-state index contributed by atoms with van der Waals surface area (Å²) in [4.78, 5) is 22.6. The maximum atomic E-state index is 12.6. The molecule has 1 aromatic heterocycles. The number of piperidine rings is 1. The smallest absolute Gasteiger partial charge is 0.223 e. The maximum Gasteiger partial charge on any atom is 0.223 e. The van der Waals surface area contributed by atoms with Crippen LogP contribution in [0.3, 0.4) is 0 Å². The Kier molecular flexibility index (Phi) is 11.7. The number of nitrogens with zero attached hydrogens (tertiary/aromatic N) is 2. The average molecular weight is 490 g/mol. The molecular weight excluding hydrogens is 446 g/mol. The zero-order valence-corrected chi connectivity index (χ0v) is 21.5. The van der Waals surface area contributed by atoms with Crippen LogP contribution in [-0.2, 0) is 11.2 Å². The Morgan fingerprint density at radius 2 is 1.59 bits per heavy atom. The van der Waals surface area contributed by atoms with Crippen molar-refractivity contribution in [2.75, 3.05) is 39.3 Å². The van der Waals surface area contributed by atoms with Gasteiger partial charge in [0.2, 0.25) is 5.91 Å². The van der Waals surface area contributed by atoms with Crippen LogP contribution in [0, 0.1) is 11.8 Å². The lowest BCUT2D eigenvalue weighted by atomic mass is 9.89. The second kappa shape index (κ2) is 14.7. The zero-order valence-electron chi connectivity index (χ0n) is 20.7. The molecule has 2 fully saturated rings. The number of aromatic amines is 1. The number of aryl methyl sites for hydroxylation is 1. The first kappa shape index (κ1) is 27.0. The number of nitrogens with one attached hydrogen (secondary N) is 3.